The number of aromatic nitrogens is 2. The number of fused-ring (bicyclic) bond motifs is 1. The number of anilines is 1. The van der Waals surface area contributed by atoms with Gasteiger partial charge in [0.2, 0.25) is 5.95 Å². The number of furan rings is 1. The lowest BCUT2D eigenvalue weighted by Gasteiger charge is -2.02. The SMILES string of the molecule is O=C(Nc1nc2ccccc2[nH]1)c1ccc(CS(=O)(=O)c2ccccc2)o1. The van der Waals surface area contributed by atoms with E-state index in [1.54, 1.807) is 18.2 Å². The number of hydrogen-bond donors (Lipinski definition) is 2. The first-order valence-corrected chi connectivity index (χ1v) is 9.79. The van der Waals surface area contributed by atoms with Crippen molar-refractivity contribution in [2.75, 3.05) is 5.32 Å². The van der Waals surface area contributed by atoms with Gasteiger partial charge in [-0.1, -0.05) is 30.3 Å². The van der Waals surface area contributed by atoms with Gasteiger partial charge in [0.05, 0.1) is 15.9 Å². The van der Waals surface area contributed by atoms with Gasteiger partial charge in [0, 0.05) is 0 Å². The van der Waals surface area contributed by atoms with Crippen LogP contribution in [-0.4, -0.2) is 24.3 Å². The van der Waals surface area contributed by atoms with Gasteiger partial charge in [-0.25, -0.2) is 13.4 Å². The second-order valence-electron chi connectivity index (χ2n) is 5.89. The lowest BCUT2D eigenvalue weighted by molar-refractivity contribution is 0.0994. The van der Waals surface area contributed by atoms with E-state index in [1.807, 2.05) is 24.3 Å². The standard InChI is InChI=1S/C19H15N3O4S/c23-18(22-19-20-15-8-4-5-9-16(15)21-19)17-11-10-13(26-17)12-27(24,25)14-6-2-1-3-7-14/h1-11H,12H2,(H2,20,21,22,23). The fraction of sp³-hybridized carbons (Fsp3) is 0.0526. The zero-order valence-electron chi connectivity index (χ0n) is 14.0. The molecule has 2 aromatic carbocycles. The molecule has 0 aliphatic rings. The number of amides is 1. The summed E-state index contributed by atoms with van der Waals surface area (Å²) in [5.41, 5.74) is 1.52. The number of rotatable bonds is 5. The maximum atomic E-state index is 12.4. The molecule has 2 heterocycles. The Labute approximate surface area is 155 Å². The van der Waals surface area contributed by atoms with E-state index in [-0.39, 0.29) is 28.1 Å². The molecule has 0 unspecified atom stereocenters. The first kappa shape index (κ1) is 17.0. The summed E-state index contributed by atoms with van der Waals surface area (Å²) in [5.74, 6) is -0.356. The van der Waals surface area contributed by atoms with Crippen molar-refractivity contribution in [1.82, 2.24) is 9.97 Å². The number of H-pyrrole nitrogens is 1. The number of carbonyl (C=O) groups is 1. The summed E-state index contributed by atoms with van der Waals surface area (Å²) in [5, 5.41) is 2.61. The Morgan fingerprint density at radius 3 is 2.52 bits per heavy atom. The van der Waals surface area contributed by atoms with E-state index >= 15 is 0 Å². The summed E-state index contributed by atoms with van der Waals surface area (Å²) >= 11 is 0. The molecule has 1 amide bonds. The molecule has 2 N–H and O–H groups in total. The van der Waals surface area contributed by atoms with Crippen LogP contribution in [-0.2, 0) is 15.6 Å². The van der Waals surface area contributed by atoms with E-state index in [0.717, 1.165) is 11.0 Å². The minimum atomic E-state index is -3.55. The molecule has 0 aliphatic carbocycles. The second kappa shape index (κ2) is 6.73. The summed E-state index contributed by atoms with van der Waals surface area (Å²) in [4.78, 5) is 19.8. The van der Waals surface area contributed by atoms with Crippen LogP contribution in [0.25, 0.3) is 11.0 Å². The van der Waals surface area contributed by atoms with Crippen molar-refractivity contribution < 1.29 is 17.6 Å². The first-order chi connectivity index (χ1) is 13.0. The molecule has 136 valence electrons. The van der Waals surface area contributed by atoms with Gasteiger partial charge < -0.3 is 9.40 Å². The second-order valence-corrected chi connectivity index (χ2v) is 7.88. The number of benzene rings is 2. The Hall–Kier alpha value is -3.39. The van der Waals surface area contributed by atoms with E-state index in [2.05, 4.69) is 15.3 Å². The highest BCUT2D eigenvalue weighted by molar-refractivity contribution is 7.90. The summed E-state index contributed by atoms with van der Waals surface area (Å²) in [6.07, 6.45) is 0. The highest BCUT2D eigenvalue weighted by atomic mass is 32.2. The number of nitrogens with zero attached hydrogens (tertiary/aromatic N) is 1. The van der Waals surface area contributed by atoms with Crippen LogP contribution in [0, 0.1) is 0 Å². The Bertz CT molecular complexity index is 1180. The van der Waals surface area contributed by atoms with E-state index in [1.165, 1.54) is 24.3 Å². The normalized spacial score (nSPS) is 11.6. The van der Waals surface area contributed by atoms with E-state index in [4.69, 9.17) is 4.42 Å². The summed E-state index contributed by atoms with van der Waals surface area (Å²) in [7, 11) is -3.55. The van der Waals surface area contributed by atoms with E-state index < -0.39 is 15.7 Å². The molecule has 2 aromatic heterocycles. The number of nitrogens with one attached hydrogen (secondary N) is 2. The van der Waals surface area contributed by atoms with Gasteiger partial charge in [-0.05, 0) is 36.4 Å². The largest absolute Gasteiger partial charge is 0.455 e. The van der Waals surface area contributed by atoms with E-state index in [0.29, 0.717) is 0 Å². The van der Waals surface area contributed by atoms with Crippen LogP contribution < -0.4 is 5.32 Å². The average Bonchev–Trinajstić information content (AvgIpc) is 3.28. The van der Waals surface area contributed by atoms with Gasteiger partial charge in [-0.2, -0.15) is 0 Å². The van der Waals surface area contributed by atoms with Gasteiger partial charge in [0.1, 0.15) is 11.5 Å². The molecule has 0 bridgehead atoms. The smallest absolute Gasteiger partial charge is 0.293 e. The van der Waals surface area contributed by atoms with Crippen molar-refractivity contribution in [2.24, 2.45) is 0 Å². The fourth-order valence-electron chi connectivity index (χ4n) is 2.66. The summed E-state index contributed by atoms with van der Waals surface area (Å²) < 4.78 is 30.2. The van der Waals surface area contributed by atoms with Crippen LogP contribution in [0.3, 0.4) is 0 Å². The van der Waals surface area contributed by atoms with Gasteiger partial charge in [-0.3, -0.25) is 10.1 Å². The van der Waals surface area contributed by atoms with Crippen molar-refractivity contribution in [2.45, 2.75) is 10.6 Å². The minimum absolute atomic E-state index is 0.00807. The number of para-hydroxylation sites is 2. The maximum absolute atomic E-state index is 12.4. The predicted molar refractivity (Wildman–Crippen MR) is 100 cm³/mol. The number of aromatic amines is 1. The minimum Gasteiger partial charge on any atom is -0.455 e. The average molecular weight is 381 g/mol. The molecule has 0 aliphatic heterocycles. The molecule has 0 radical (unpaired) electrons. The number of sulfone groups is 1. The Morgan fingerprint density at radius 1 is 1.00 bits per heavy atom. The van der Waals surface area contributed by atoms with Crippen molar-refractivity contribution in [1.29, 1.82) is 0 Å². The number of hydrogen-bond acceptors (Lipinski definition) is 5. The van der Waals surface area contributed by atoms with Gasteiger partial charge in [-0.15, -0.1) is 0 Å². The lowest BCUT2D eigenvalue weighted by Crippen LogP contribution is -2.12. The van der Waals surface area contributed by atoms with Crippen molar-refractivity contribution >= 4 is 32.7 Å². The van der Waals surface area contributed by atoms with Crippen LogP contribution in [0.15, 0.2) is 76.0 Å². The molecule has 0 saturated heterocycles. The fourth-order valence-corrected chi connectivity index (χ4v) is 3.93. The molecule has 4 rings (SSSR count). The quantitative estimate of drug-likeness (QED) is 0.551. The zero-order chi connectivity index (χ0) is 18.9. The van der Waals surface area contributed by atoms with Crippen LogP contribution in [0.1, 0.15) is 16.3 Å². The molecular weight excluding hydrogens is 366 g/mol. The number of carbonyl (C=O) groups excluding carboxylic acids is 1. The van der Waals surface area contributed by atoms with Crippen molar-refractivity contribution in [3.8, 4) is 0 Å². The Balaban J connectivity index is 1.49. The molecule has 27 heavy (non-hydrogen) atoms. The lowest BCUT2D eigenvalue weighted by atomic mass is 10.3. The molecule has 0 atom stereocenters. The first-order valence-electron chi connectivity index (χ1n) is 8.14. The van der Waals surface area contributed by atoms with Gasteiger partial charge >= 0.3 is 0 Å². The predicted octanol–water partition coefficient (Wildman–Crippen LogP) is 3.38. The third-order valence-electron chi connectivity index (χ3n) is 3.94. The topological polar surface area (TPSA) is 105 Å². The molecule has 0 fully saturated rings. The van der Waals surface area contributed by atoms with Crippen molar-refractivity contribution in [3.05, 3.63) is 78.3 Å². The van der Waals surface area contributed by atoms with Crippen LogP contribution in [0.5, 0.6) is 0 Å². The number of imidazole rings is 1. The zero-order valence-corrected chi connectivity index (χ0v) is 14.9. The Kier molecular flexibility index (Phi) is 4.25. The van der Waals surface area contributed by atoms with Crippen LogP contribution >= 0.6 is 0 Å². The summed E-state index contributed by atoms with van der Waals surface area (Å²) in [6, 6.07) is 18.4. The third kappa shape index (κ3) is 3.61. The van der Waals surface area contributed by atoms with Crippen LogP contribution in [0.2, 0.25) is 0 Å². The third-order valence-corrected chi connectivity index (χ3v) is 5.60. The monoisotopic (exact) mass is 381 g/mol. The molecular formula is C19H15N3O4S. The molecule has 0 spiro atoms. The van der Waals surface area contributed by atoms with Crippen molar-refractivity contribution in [3.63, 3.8) is 0 Å². The Morgan fingerprint density at radius 2 is 1.74 bits per heavy atom. The highest BCUT2D eigenvalue weighted by Gasteiger charge is 2.19. The van der Waals surface area contributed by atoms with E-state index in [9.17, 15) is 13.2 Å². The highest BCUT2D eigenvalue weighted by Crippen LogP contribution is 2.19. The maximum Gasteiger partial charge on any atom is 0.293 e. The molecule has 7 nitrogen and oxygen atoms in total. The molecule has 8 heteroatoms. The van der Waals surface area contributed by atoms with Gasteiger partial charge in [0.25, 0.3) is 5.91 Å². The molecule has 0 saturated carbocycles. The van der Waals surface area contributed by atoms with Gasteiger partial charge in [0.15, 0.2) is 15.6 Å². The van der Waals surface area contributed by atoms with Crippen LogP contribution in [0.4, 0.5) is 5.95 Å². The summed E-state index contributed by atoms with van der Waals surface area (Å²) in [6.45, 7) is 0. The molecule has 4 aromatic rings.